The monoisotopic (exact) mass is 259 g/mol. The van der Waals surface area contributed by atoms with Crippen LogP contribution in [-0.2, 0) is 4.79 Å². The molecule has 100 valence electrons. The van der Waals surface area contributed by atoms with Crippen molar-refractivity contribution in [1.82, 2.24) is 5.32 Å². The molecule has 3 heteroatoms. The van der Waals surface area contributed by atoms with Crippen molar-refractivity contribution >= 4 is 17.5 Å². The van der Waals surface area contributed by atoms with E-state index in [0.717, 1.165) is 31.6 Å². The fourth-order valence-electron chi connectivity index (χ4n) is 2.53. The molecule has 0 unspecified atom stereocenters. The van der Waals surface area contributed by atoms with E-state index < -0.39 is 0 Å². The van der Waals surface area contributed by atoms with Gasteiger partial charge in [0.05, 0.1) is 5.54 Å². The summed E-state index contributed by atoms with van der Waals surface area (Å²) < 4.78 is 0. The van der Waals surface area contributed by atoms with Gasteiger partial charge in [-0.05, 0) is 44.4 Å². The van der Waals surface area contributed by atoms with Crippen LogP contribution in [0.25, 0.3) is 0 Å². The first kappa shape index (κ1) is 14.8. The van der Waals surface area contributed by atoms with Crippen LogP contribution in [0, 0.1) is 11.8 Å². The van der Waals surface area contributed by atoms with Gasteiger partial charge in [-0.1, -0.05) is 20.8 Å². The first-order chi connectivity index (χ1) is 8.06. The Morgan fingerprint density at radius 2 is 1.76 bits per heavy atom. The second-order valence-corrected chi connectivity index (χ2v) is 5.83. The van der Waals surface area contributed by atoms with Crippen molar-refractivity contribution in [1.29, 1.82) is 0 Å². The number of carbonyl (C=O) groups is 1. The Labute approximate surface area is 110 Å². The Bertz CT molecular complexity index is 234. The number of amides is 1. The normalized spacial score (nSPS) is 25.6. The van der Waals surface area contributed by atoms with Crippen molar-refractivity contribution in [3.63, 3.8) is 0 Å². The smallest absolute Gasteiger partial charge is 0.223 e. The first-order valence-electron chi connectivity index (χ1n) is 6.95. The number of hydrogen-bond donors (Lipinski definition) is 1. The highest BCUT2D eigenvalue weighted by molar-refractivity contribution is 6.18. The Hall–Kier alpha value is -0.240. The summed E-state index contributed by atoms with van der Waals surface area (Å²) in [5.74, 6) is 1.73. The van der Waals surface area contributed by atoms with Gasteiger partial charge in [-0.15, -0.1) is 11.6 Å². The number of halogens is 1. The number of hydrogen-bond acceptors (Lipinski definition) is 1. The molecule has 0 heterocycles. The third-order valence-corrected chi connectivity index (χ3v) is 4.90. The van der Waals surface area contributed by atoms with Gasteiger partial charge >= 0.3 is 0 Å². The predicted molar refractivity (Wildman–Crippen MR) is 73.3 cm³/mol. The van der Waals surface area contributed by atoms with E-state index in [4.69, 9.17) is 11.6 Å². The molecule has 0 atom stereocenters. The highest BCUT2D eigenvalue weighted by Gasteiger charge is 2.31. The van der Waals surface area contributed by atoms with Gasteiger partial charge in [-0.3, -0.25) is 4.79 Å². The van der Waals surface area contributed by atoms with E-state index in [1.165, 1.54) is 12.8 Å². The summed E-state index contributed by atoms with van der Waals surface area (Å²) in [6, 6.07) is 0. The van der Waals surface area contributed by atoms with Crippen LogP contribution in [0.1, 0.15) is 59.3 Å². The van der Waals surface area contributed by atoms with E-state index in [1.54, 1.807) is 0 Å². The molecular formula is C14H26ClNO. The van der Waals surface area contributed by atoms with Gasteiger partial charge in [0.2, 0.25) is 5.91 Å². The fraction of sp³-hybridized carbons (Fsp3) is 0.929. The summed E-state index contributed by atoms with van der Waals surface area (Å²) in [7, 11) is 0. The summed E-state index contributed by atoms with van der Waals surface area (Å²) in [5, 5.41) is 3.19. The summed E-state index contributed by atoms with van der Waals surface area (Å²) in [6.07, 6.45) is 6.26. The van der Waals surface area contributed by atoms with Gasteiger partial charge in [0, 0.05) is 11.8 Å². The molecule has 1 rings (SSSR count). The van der Waals surface area contributed by atoms with Crippen LogP contribution in [0.4, 0.5) is 0 Å². The summed E-state index contributed by atoms with van der Waals surface area (Å²) in [6.45, 7) is 6.46. The van der Waals surface area contributed by atoms with Crippen molar-refractivity contribution in [2.45, 2.75) is 64.8 Å². The zero-order chi connectivity index (χ0) is 12.9. The van der Waals surface area contributed by atoms with Crippen LogP contribution in [-0.4, -0.2) is 17.3 Å². The molecule has 0 radical (unpaired) electrons. The lowest BCUT2D eigenvalue weighted by atomic mass is 9.82. The third kappa shape index (κ3) is 3.87. The van der Waals surface area contributed by atoms with Crippen LogP contribution in [0.5, 0.6) is 0 Å². The van der Waals surface area contributed by atoms with Gasteiger partial charge in [-0.2, -0.15) is 0 Å². The molecule has 2 nitrogen and oxygen atoms in total. The lowest BCUT2D eigenvalue weighted by Gasteiger charge is -2.34. The van der Waals surface area contributed by atoms with Gasteiger partial charge in [0.25, 0.3) is 0 Å². The highest BCUT2D eigenvalue weighted by Crippen LogP contribution is 2.29. The standard InChI is InChI=1S/C14H26ClNO/c1-4-14(5-2,10-15)16-13(17)12-8-6-11(3)7-9-12/h11-12H,4-10H2,1-3H3,(H,16,17). The van der Waals surface area contributed by atoms with E-state index in [-0.39, 0.29) is 17.4 Å². The van der Waals surface area contributed by atoms with Crippen molar-refractivity contribution in [3.05, 3.63) is 0 Å². The fourth-order valence-corrected chi connectivity index (χ4v) is 2.98. The molecule has 1 aliphatic carbocycles. The Kier molecular flexibility index (Phi) is 5.78. The van der Waals surface area contributed by atoms with E-state index in [2.05, 4.69) is 26.1 Å². The van der Waals surface area contributed by atoms with Crippen LogP contribution in [0.3, 0.4) is 0 Å². The number of carbonyl (C=O) groups excluding carboxylic acids is 1. The molecule has 0 aromatic heterocycles. The van der Waals surface area contributed by atoms with Crippen molar-refractivity contribution < 1.29 is 4.79 Å². The second-order valence-electron chi connectivity index (χ2n) is 5.57. The molecule has 17 heavy (non-hydrogen) atoms. The van der Waals surface area contributed by atoms with Crippen LogP contribution >= 0.6 is 11.6 Å². The molecule has 0 saturated heterocycles. The third-order valence-electron chi connectivity index (χ3n) is 4.38. The minimum Gasteiger partial charge on any atom is -0.349 e. The van der Waals surface area contributed by atoms with Gasteiger partial charge in [0.15, 0.2) is 0 Å². The lowest BCUT2D eigenvalue weighted by molar-refractivity contribution is -0.128. The van der Waals surface area contributed by atoms with Crippen molar-refractivity contribution in [2.24, 2.45) is 11.8 Å². The van der Waals surface area contributed by atoms with Gasteiger partial charge < -0.3 is 5.32 Å². The Morgan fingerprint density at radius 3 is 2.18 bits per heavy atom. The van der Waals surface area contributed by atoms with Crippen LogP contribution in [0.15, 0.2) is 0 Å². The zero-order valence-electron chi connectivity index (χ0n) is 11.4. The predicted octanol–water partition coefficient (Wildman–Crippen LogP) is 3.73. The summed E-state index contributed by atoms with van der Waals surface area (Å²) in [5.41, 5.74) is -0.193. The summed E-state index contributed by atoms with van der Waals surface area (Å²) >= 11 is 6.02. The maximum absolute atomic E-state index is 12.2. The van der Waals surface area contributed by atoms with Crippen LogP contribution in [0.2, 0.25) is 0 Å². The van der Waals surface area contributed by atoms with Crippen molar-refractivity contribution in [3.8, 4) is 0 Å². The molecule has 0 spiro atoms. The molecule has 0 aromatic carbocycles. The maximum atomic E-state index is 12.2. The lowest BCUT2D eigenvalue weighted by Crippen LogP contribution is -2.51. The Balaban J connectivity index is 2.53. The summed E-state index contributed by atoms with van der Waals surface area (Å²) in [4.78, 5) is 12.2. The highest BCUT2D eigenvalue weighted by atomic mass is 35.5. The van der Waals surface area contributed by atoms with E-state index in [1.807, 2.05) is 0 Å². The molecule has 1 amide bonds. The topological polar surface area (TPSA) is 29.1 Å². The minimum absolute atomic E-state index is 0.193. The number of rotatable bonds is 5. The molecule has 0 aromatic rings. The molecule has 1 N–H and O–H groups in total. The zero-order valence-corrected chi connectivity index (χ0v) is 12.1. The molecule has 1 fully saturated rings. The first-order valence-corrected chi connectivity index (χ1v) is 7.48. The molecule has 0 aliphatic heterocycles. The Morgan fingerprint density at radius 1 is 1.24 bits per heavy atom. The number of nitrogens with one attached hydrogen (secondary N) is 1. The maximum Gasteiger partial charge on any atom is 0.223 e. The van der Waals surface area contributed by atoms with Gasteiger partial charge in [0.1, 0.15) is 0 Å². The van der Waals surface area contributed by atoms with E-state index in [0.29, 0.717) is 5.88 Å². The average Bonchev–Trinajstić information content (AvgIpc) is 2.37. The van der Waals surface area contributed by atoms with E-state index >= 15 is 0 Å². The van der Waals surface area contributed by atoms with E-state index in [9.17, 15) is 4.79 Å². The molecule has 1 saturated carbocycles. The van der Waals surface area contributed by atoms with Gasteiger partial charge in [-0.25, -0.2) is 0 Å². The molecular weight excluding hydrogens is 234 g/mol. The largest absolute Gasteiger partial charge is 0.349 e. The van der Waals surface area contributed by atoms with Crippen LogP contribution < -0.4 is 5.32 Å². The molecule has 1 aliphatic rings. The molecule has 0 bridgehead atoms. The second kappa shape index (κ2) is 6.63. The SMILES string of the molecule is CCC(CC)(CCl)NC(=O)C1CCC(C)CC1. The average molecular weight is 260 g/mol. The minimum atomic E-state index is -0.193. The quantitative estimate of drug-likeness (QED) is 0.749. The van der Waals surface area contributed by atoms with Crippen molar-refractivity contribution in [2.75, 3.05) is 5.88 Å². The number of alkyl halides is 1.